The molecule has 0 unspecified atom stereocenters. The largest absolute Gasteiger partial charge is 0.494 e. The van der Waals surface area contributed by atoms with Crippen LogP contribution in [0.25, 0.3) is 0 Å². The van der Waals surface area contributed by atoms with Gasteiger partial charge in [-0.25, -0.2) is 0 Å². The van der Waals surface area contributed by atoms with Crippen LogP contribution >= 0.6 is 0 Å². The maximum atomic E-state index is 11.6. The van der Waals surface area contributed by atoms with Gasteiger partial charge in [-0.2, -0.15) is 0 Å². The predicted octanol–water partition coefficient (Wildman–Crippen LogP) is 3.29. The van der Waals surface area contributed by atoms with Gasteiger partial charge >= 0.3 is 0 Å². The number of Topliss-reactive ketones (excluding diaryl/α,β-unsaturated/α-hetero) is 1. The maximum Gasteiger partial charge on any atom is 0.162 e. The Morgan fingerprint density at radius 1 is 1.20 bits per heavy atom. The fourth-order valence-corrected chi connectivity index (χ4v) is 1.60. The van der Waals surface area contributed by atoms with E-state index in [0.29, 0.717) is 13.0 Å². The Hall–Kier alpha value is -1.31. The van der Waals surface area contributed by atoms with Crippen molar-refractivity contribution in [3.05, 3.63) is 28.8 Å². The van der Waals surface area contributed by atoms with Crippen molar-refractivity contribution in [2.75, 3.05) is 6.61 Å². The summed E-state index contributed by atoms with van der Waals surface area (Å²) in [6.45, 7) is 8.46. The van der Waals surface area contributed by atoms with Gasteiger partial charge < -0.3 is 4.74 Å². The Labute approximate surface area is 91.3 Å². The first-order chi connectivity index (χ1) is 7.11. The smallest absolute Gasteiger partial charge is 0.162 e. The Morgan fingerprint density at radius 2 is 1.87 bits per heavy atom. The molecular weight excluding hydrogens is 188 g/mol. The van der Waals surface area contributed by atoms with Crippen molar-refractivity contribution in [2.24, 2.45) is 0 Å². The van der Waals surface area contributed by atoms with Gasteiger partial charge in [0.2, 0.25) is 0 Å². The zero-order valence-electron chi connectivity index (χ0n) is 9.89. The lowest BCUT2D eigenvalue weighted by atomic mass is 9.98. The Morgan fingerprint density at radius 3 is 2.40 bits per heavy atom. The van der Waals surface area contributed by atoms with Crippen LogP contribution in [0.4, 0.5) is 0 Å². The molecule has 82 valence electrons. The molecule has 0 spiro atoms. The van der Waals surface area contributed by atoms with Crippen molar-refractivity contribution < 1.29 is 9.53 Å². The van der Waals surface area contributed by atoms with E-state index in [4.69, 9.17) is 4.74 Å². The highest BCUT2D eigenvalue weighted by molar-refractivity contribution is 5.97. The second-order valence-corrected chi connectivity index (χ2v) is 3.57. The summed E-state index contributed by atoms with van der Waals surface area (Å²) in [4.78, 5) is 11.6. The average molecular weight is 206 g/mol. The van der Waals surface area contributed by atoms with E-state index in [1.165, 1.54) is 0 Å². The quantitative estimate of drug-likeness (QED) is 0.706. The minimum Gasteiger partial charge on any atom is -0.494 e. The number of hydrogen-bond acceptors (Lipinski definition) is 2. The summed E-state index contributed by atoms with van der Waals surface area (Å²) < 4.78 is 5.47. The lowest BCUT2D eigenvalue weighted by Gasteiger charge is -2.12. The summed E-state index contributed by atoms with van der Waals surface area (Å²) in [5.74, 6) is 1.07. The van der Waals surface area contributed by atoms with Crippen molar-refractivity contribution in [1.82, 2.24) is 0 Å². The number of rotatable bonds is 4. The van der Waals surface area contributed by atoms with Crippen LogP contribution < -0.4 is 4.74 Å². The second kappa shape index (κ2) is 4.96. The third-order valence-electron chi connectivity index (χ3n) is 2.66. The summed E-state index contributed by atoms with van der Waals surface area (Å²) in [7, 11) is 0. The minimum absolute atomic E-state index is 0.193. The third-order valence-corrected chi connectivity index (χ3v) is 2.66. The molecule has 0 fully saturated rings. The molecule has 0 atom stereocenters. The van der Waals surface area contributed by atoms with Crippen molar-refractivity contribution in [3.63, 3.8) is 0 Å². The first-order valence-electron chi connectivity index (χ1n) is 5.38. The van der Waals surface area contributed by atoms with Gasteiger partial charge in [-0.3, -0.25) is 4.79 Å². The lowest BCUT2D eigenvalue weighted by molar-refractivity contribution is 0.0987. The summed E-state index contributed by atoms with van der Waals surface area (Å²) in [6.07, 6.45) is 0.550. The monoisotopic (exact) mass is 206 g/mol. The van der Waals surface area contributed by atoms with Crippen LogP contribution in [-0.4, -0.2) is 12.4 Å². The van der Waals surface area contributed by atoms with E-state index in [1.807, 2.05) is 39.8 Å². The number of carbonyl (C=O) groups excluding carboxylic acids is 1. The van der Waals surface area contributed by atoms with Gasteiger partial charge in [-0.1, -0.05) is 6.92 Å². The van der Waals surface area contributed by atoms with Gasteiger partial charge in [0.05, 0.1) is 6.61 Å². The molecule has 0 aromatic heterocycles. The van der Waals surface area contributed by atoms with E-state index in [2.05, 4.69) is 0 Å². The van der Waals surface area contributed by atoms with Crippen LogP contribution in [0.3, 0.4) is 0 Å². The van der Waals surface area contributed by atoms with Crippen LogP contribution in [0.2, 0.25) is 0 Å². The molecule has 2 heteroatoms. The van der Waals surface area contributed by atoms with Crippen LogP contribution in [0.15, 0.2) is 12.1 Å². The Bertz CT molecular complexity index is 367. The van der Waals surface area contributed by atoms with Crippen molar-refractivity contribution in [1.29, 1.82) is 0 Å². The molecule has 0 aliphatic rings. The highest BCUT2D eigenvalue weighted by Crippen LogP contribution is 2.24. The molecule has 0 amide bonds. The SMILES string of the molecule is CCOc1ccc(C(=O)CC)c(C)c1C. The summed E-state index contributed by atoms with van der Waals surface area (Å²) in [5.41, 5.74) is 2.92. The molecule has 0 radical (unpaired) electrons. The van der Waals surface area contributed by atoms with Gasteiger partial charge in [0, 0.05) is 12.0 Å². The Balaban J connectivity index is 3.15. The van der Waals surface area contributed by atoms with Gasteiger partial charge in [0.15, 0.2) is 5.78 Å². The number of carbonyl (C=O) groups is 1. The molecular formula is C13H18O2. The first-order valence-corrected chi connectivity index (χ1v) is 5.38. The highest BCUT2D eigenvalue weighted by atomic mass is 16.5. The molecule has 0 N–H and O–H groups in total. The number of ketones is 1. The van der Waals surface area contributed by atoms with E-state index in [0.717, 1.165) is 22.4 Å². The second-order valence-electron chi connectivity index (χ2n) is 3.57. The van der Waals surface area contributed by atoms with Crippen molar-refractivity contribution in [2.45, 2.75) is 34.1 Å². The minimum atomic E-state index is 0.193. The molecule has 0 heterocycles. The first kappa shape index (κ1) is 11.8. The van der Waals surface area contributed by atoms with Crippen molar-refractivity contribution in [3.8, 4) is 5.75 Å². The van der Waals surface area contributed by atoms with Gasteiger partial charge in [-0.05, 0) is 44.0 Å². The summed E-state index contributed by atoms with van der Waals surface area (Å²) >= 11 is 0. The number of hydrogen-bond donors (Lipinski definition) is 0. The van der Waals surface area contributed by atoms with E-state index in [9.17, 15) is 4.79 Å². The Kier molecular flexibility index (Phi) is 3.89. The van der Waals surface area contributed by atoms with E-state index in [1.54, 1.807) is 0 Å². The standard InChI is InChI=1S/C13H18O2/c1-5-12(14)11-7-8-13(15-6-2)10(4)9(11)3/h7-8H,5-6H2,1-4H3. The third kappa shape index (κ3) is 2.38. The van der Waals surface area contributed by atoms with Crippen LogP contribution in [0, 0.1) is 13.8 Å². The molecule has 0 aliphatic carbocycles. The highest BCUT2D eigenvalue weighted by Gasteiger charge is 2.11. The van der Waals surface area contributed by atoms with E-state index in [-0.39, 0.29) is 5.78 Å². The van der Waals surface area contributed by atoms with Crippen molar-refractivity contribution >= 4 is 5.78 Å². The fourth-order valence-electron chi connectivity index (χ4n) is 1.60. The molecule has 1 aromatic rings. The molecule has 2 nitrogen and oxygen atoms in total. The van der Waals surface area contributed by atoms with Crippen LogP contribution in [-0.2, 0) is 0 Å². The molecule has 1 aromatic carbocycles. The molecule has 0 aliphatic heterocycles. The van der Waals surface area contributed by atoms with Crippen LogP contribution in [0.5, 0.6) is 5.75 Å². The lowest BCUT2D eigenvalue weighted by Crippen LogP contribution is -2.03. The molecule has 15 heavy (non-hydrogen) atoms. The molecule has 1 rings (SSSR count). The normalized spacial score (nSPS) is 10.1. The maximum absolute atomic E-state index is 11.6. The van der Waals surface area contributed by atoms with Gasteiger partial charge in [-0.15, -0.1) is 0 Å². The molecule has 0 bridgehead atoms. The number of benzene rings is 1. The van der Waals surface area contributed by atoms with Gasteiger partial charge in [0.1, 0.15) is 5.75 Å². The summed E-state index contributed by atoms with van der Waals surface area (Å²) in [6, 6.07) is 3.74. The van der Waals surface area contributed by atoms with E-state index >= 15 is 0 Å². The molecule has 0 saturated heterocycles. The topological polar surface area (TPSA) is 26.3 Å². The predicted molar refractivity (Wildman–Crippen MR) is 61.7 cm³/mol. The van der Waals surface area contributed by atoms with E-state index < -0.39 is 0 Å². The zero-order valence-corrected chi connectivity index (χ0v) is 9.89. The summed E-state index contributed by atoms with van der Waals surface area (Å²) in [5, 5.41) is 0. The average Bonchev–Trinajstić information content (AvgIpc) is 2.24. The fraction of sp³-hybridized carbons (Fsp3) is 0.462. The zero-order chi connectivity index (χ0) is 11.4. The van der Waals surface area contributed by atoms with Gasteiger partial charge in [0.25, 0.3) is 0 Å². The molecule has 0 saturated carbocycles. The van der Waals surface area contributed by atoms with Crippen LogP contribution in [0.1, 0.15) is 41.8 Å². The number of ether oxygens (including phenoxy) is 1.